The van der Waals surface area contributed by atoms with E-state index in [1.165, 1.54) is 12.4 Å². The fraction of sp³-hybridized carbons (Fsp3) is 0.219. The first-order chi connectivity index (χ1) is 22.2. The highest BCUT2D eigenvalue weighted by Gasteiger charge is 2.30. The van der Waals surface area contributed by atoms with E-state index in [-0.39, 0.29) is 35.3 Å². The molecule has 0 saturated carbocycles. The predicted molar refractivity (Wildman–Crippen MR) is 168 cm³/mol. The van der Waals surface area contributed by atoms with Gasteiger partial charge in [-0.25, -0.2) is 15.4 Å². The largest absolute Gasteiger partial charge is 0.490 e. The molecule has 0 unspecified atom stereocenters. The van der Waals surface area contributed by atoms with Crippen LogP contribution in [0.5, 0.6) is 5.75 Å². The number of hydrogen-bond donors (Lipinski definition) is 4. The molecule has 1 aliphatic carbocycles. The van der Waals surface area contributed by atoms with Crippen LogP contribution >= 0.6 is 0 Å². The standard InChI is InChI=1S/C32H28N8O6/c1-15-18-6-7-21(20(18)5-4-19(15)30-37-16(2)46-39-30)38-32(44)23-12-22(35-14-36-23)31(43)34-13-17-3-8-25-24(11-17)40(9-10-45-25)27-26(33)28(41)29(27)42/h3-5,8,11-12,14,21H,2,6-7,9-10,13,33H2,1H3,(H,34,43)(H,37,39)(H,38,44)/t21-/m0/s1. The molecule has 46 heavy (non-hydrogen) atoms. The molecule has 0 saturated heterocycles. The number of nitrogens with zero attached hydrogens (tertiary/aromatic N) is 4. The van der Waals surface area contributed by atoms with Gasteiger partial charge in [-0.3, -0.25) is 19.2 Å². The normalized spacial score (nSPS) is 16.5. The summed E-state index contributed by atoms with van der Waals surface area (Å²) < 4.78 is 5.70. The number of hydroxylamine groups is 1. The first-order valence-corrected chi connectivity index (χ1v) is 14.6. The lowest BCUT2D eigenvalue weighted by Gasteiger charge is -2.32. The average Bonchev–Trinajstić information content (AvgIpc) is 3.70. The van der Waals surface area contributed by atoms with Gasteiger partial charge in [0.05, 0.1) is 18.3 Å². The maximum Gasteiger partial charge on any atom is 0.270 e. The Morgan fingerprint density at radius 3 is 2.67 bits per heavy atom. The second-order valence-corrected chi connectivity index (χ2v) is 11.1. The highest BCUT2D eigenvalue weighted by Crippen LogP contribution is 2.38. The van der Waals surface area contributed by atoms with Gasteiger partial charge < -0.3 is 30.8 Å². The summed E-state index contributed by atoms with van der Waals surface area (Å²) in [6.45, 7) is 6.49. The molecule has 1 atom stereocenters. The molecule has 0 spiro atoms. The van der Waals surface area contributed by atoms with Gasteiger partial charge in [-0.05, 0) is 60.7 Å². The molecule has 3 aromatic carbocycles. The first kappa shape index (κ1) is 28.7. The van der Waals surface area contributed by atoms with E-state index < -0.39 is 22.7 Å². The predicted octanol–water partition coefficient (Wildman–Crippen LogP) is 1.59. The van der Waals surface area contributed by atoms with Crippen LogP contribution < -0.4 is 42.3 Å². The number of amides is 2. The van der Waals surface area contributed by atoms with Crippen molar-refractivity contribution in [1.82, 2.24) is 26.1 Å². The van der Waals surface area contributed by atoms with Gasteiger partial charge in [-0.1, -0.05) is 18.2 Å². The Morgan fingerprint density at radius 2 is 1.91 bits per heavy atom. The Morgan fingerprint density at radius 1 is 1.11 bits per heavy atom. The molecule has 232 valence electrons. The number of fused-ring (bicyclic) bond motifs is 2. The quantitative estimate of drug-likeness (QED) is 0.220. The van der Waals surface area contributed by atoms with Crippen LogP contribution in [0.15, 0.2) is 69.8 Å². The lowest BCUT2D eigenvalue weighted by molar-refractivity contribution is 0.0931. The van der Waals surface area contributed by atoms with Gasteiger partial charge in [0.25, 0.3) is 22.7 Å². The van der Waals surface area contributed by atoms with E-state index in [0.717, 1.165) is 28.7 Å². The van der Waals surface area contributed by atoms with Crippen molar-refractivity contribution < 1.29 is 19.2 Å². The third-order valence-electron chi connectivity index (χ3n) is 8.42. The zero-order valence-electron chi connectivity index (χ0n) is 24.7. The van der Waals surface area contributed by atoms with E-state index in [2.05, 4.69) is 37.7 Å². The number of anilines is 3. The van der Waals surface area contributed by atoms with Crippen molar-refractivity contribution in [3.05, 3.63) is 115 Å². The van der Waals surface area contributed by atoms with Crippen LogP contribution in [0, 0.1) is 6.92 Å². The third-order valence-corrected chi connectivity index (χ3v) is 8.42. The molecule has 1 aromatic heterocycles. The number of nitrogens with two attached hydrogens (primary N) is 1. The van der Waals surface area contributed by atoms with Gasteiger partial charge in [0.15, 0.2) is 5.84 Å². The van der Waals surface area contributed by atoms with Crippen molar-refractivity contribution in [2.75, 3.05) is 23.8 Å². The second kappa shape index (κ2) is 11.1. The lowest BCUT2D eigenvalue weighted by atomic mass is 9.97. The van der Waals surface area contributed by atoms with Gasteiger partial charge >= 0.3 is 0 Å². The summed E-state index contributed by atoms with van der Waals surface area (Å²) in [5, 5.41) is 5.84. The van der Waals surface area contributed by atoms with E-state index in [4.69, 9.17) is 15.3 Å². The molecule has 2 amide bonds. The Bertz CT molecular complexity index is 2060. The van der Waals surface area contributed by atoms with Gasteiger partial charge in [-0.15, -0.1) is 0 Å². The Balaban J connectivity index is 1.02. The Hall–Kier alpha value is -6.05. The summed E-state index contributed by atoms with van der Waals surface area (Å²) in [7, 11) is 0. The number of nitrogens with one attached hydrogen (secondary N) is 3. The summed E-state index contributed by atoms with van der Waals surface area (Å²) in [6.07, 6.45) is 2.67. The molecular formula is C32H28N8O6. The van der Waals surface area contributed by atoms with Crippen molar-refractivity contribution in [1.29, 1.82) is 0 Å². The SMILES string of the molecule is C=C1N=C(c2ccc3c(c2C)CC[C@@H]3NC(=O)c2cc(C(=O)NCc3ccc4c(c3)N(c3c(N)c(=O)c3=O)CCO4)ncn2)NO1. The molecule has 0 bridgehead atoms. The van der Waals surface area contributed by atoms with Crippen LogP contribution in [0.4, 0.5) is 17.1 Å². The number of carbonyl (C=O) groups excluding carboxylic acids is 2. The van der Waals surface area contributed by atoms with E-state index in [9.17, 15) is 19.2 Å². The topological polar surface area (TPSA) is 190 Å². The zero-order valence-corrected chi connectivity index (χ0v) is 24.7. The van der Waals surface area contributed by atoms with Crippen LogP contribution in [-0.2, 0) is 17.8 Å². The van der Waals surface area contributed by atoms with Gasteiger partial charge in [0.1, 0.15) is 41.4 Å². The highest BCUT2D eigenvalue weighted by molar-refractivity contribution is 6.01. The summed E-state index contributed by atoms with van der Waals surface area (Å²) in [5.74, 6) is 0.498. The van der Waals surface area contributed by atoms with Crippen LogP contribution in [0.2, 0.25) is 0 Å². The number of ether oxygens (including phenoxy) is 1. The number of carbonyl (C=O) groups is 2. The van der Waals surface area contributed by atoms with E-state index in [1.54, 1.807) is 23.1 Å². The van der Waals surface area contributed by atoms with Crippen molar-refractivity contribution in [2.24, 2.45) is 4.99 Å². The maximum atomic E-state index is 13.2. The van der Waals surface area contributed by atoms with Crippen LogP contribution in [0.25, 0.3) is 0 Å². The fourth-order valence-corrected chi connectivity index (χ4v) is 6.06. The summed E-state index contributed by atoms with van der Waals surface area (Å²) in [6, 6.07) is 10.3. The van der Waals surface area contributed by atoms with Crippen molar-refractivity contribution in [3.8, 4) is 5.75 Å². The Labute approximate surface area is 261 Å². The number of amidine groups is 1. The lowest BCUT2D eigenvalue weighted by Crippen LogP contribution is -2.43. The molecular weight excluding hydrogens is 592 g/mol. The number of rotatable bonds is 7. The third kappa shape index (κ3) is 4.89. The van der Waals surface area contributed by atoms with Crippen molar-refractivity contribution >= 4 is 34.7 Å². The summed E-state index contributed by atoms with van der Waals surface area (Å²) >= 11 is 0. The summed E-state index contributed by atoms with van der Waals surface area (Å²) in [4.78, 5) is 69.4. The van der Waals surface area contributed by atoms with Crippen molar-refractivity contribution in [2.45, 2.75) is 32.4 Å². The minimum Gasteiger partial charge on any atom is -0.490 e. The molecule has 5 N–H and O–H groups in total. The molecule has 0 radical (unpaired) electrons. The van der Waals surface area contributed by atoms with Gasteiger partial charge in [-0.2, -0.15) is 4.99 Å². The first-order valence-electron chi connectivity index (χ1n) is 14.6. The number of hydrogen-bond acceptors (Lipinski definition) is 12. The molecule has 3 aliphatic rings. The van der Waals surface area contributed by atoms with E-state index >= 15 is 0 Å². The van der Waals surface area contributed by atoms with E-state index in [1.807, 2.05) is 19.1 Å². The van der Waals surface area contributed by atoms with Gasteiger partial charge in [0.2, 0.25) is 5.88 Å². The maximum absolute atomic E-state index is 13.2. The second-order valence-electron chi connectivity index (χ2n) is 11.1. The minimum atomic E-state index is -0.697. The molecule has 3 heterocycles. The molecule has 7 rings (SSSR count). The fourth-order valence-electron chi connectivity index (χ4n) is 6.06. The average molecular weight is 621 g/mol. The smallest absolute Gasteiger partial charge is 0.270 e. The molecule has 0 fully saturated rings. The number of aliphatic imine (C=N–C) groups is 1. The van der Waals surface area contributed by atoms with Crippen molar-refractivity contribution in [3.63, 3.8) is 0 Å². The van der Waals surface area contributed by atoms with E-state index in [0.29, 0.717) is 48.3 Å². The van der Waals surface area contributed by atoms with Gasteiger partial charge in [0, 0.05) is 18.2 Å². The number of nitrogen functional groups attached to an aromatic ring is 1. The molecule has 14 heteroatoms. The molecule has 14 nitrogen and oxygen atoms in total. The highest BCUT2D eigenvalue weighted by atomic mass is 16.7. The molecule has 2 aliphatic heterocycles. The monoisotopic (exact) mass is 620 g/mol. The zero-order chi connectivity index (χ0) is 32.1. The Kier molecular flexibility index (Phi) is 6.95. The van der Waals surface area contributed by atoms with Crippen LogP contribution in [-0.4, -0.2) is 40.8 Å². The van der Waals surface area contributed by atoms with Crippen LogP contribution in [0.1, 0.15) is 61.3 Å². The minimum absolute atomic E-state index is 0.0283. The molecule has 4 aromatic rings. The summed E-state index contributed by atoms with van der Waals surface area (Å²) in [5.41, 5.74) is 12.8. The number of aromatic nitrogens is 2. The van der Waals surface area contributed by atoms with Crippen LogP contribution in [0.3, 0.4) is 0 Å². The number of benzene rings is 2.